The first-order valence-corrected chi connectivity index (χ1v) is 4.57. The van der Waals surface area contributed by atoms with Crippen molar-refractivity contribution in [3.8, 4) is 0 Å². The lowest BCUT2D eigenvalue weighted by Crippen LogP contribution is -2.05. The molecule has 0 aliphatic rings. The molecule has 0 spiro atoms. The van der Waals surface area contributed by atoms with Gasteiger partial charge in [-0.2, -0.15) is 0 Å². The zero-order valence-corrected chi connectivity index (χ0v) is 8.18. The Morgan fingerprint density at radius 1 is 1.64 bits per heavy atom. The van der Waals surface area contributed by atoms with Crippen LogP contribution in [0, 0.1) is 10.1 Å². The van der Waals surface area contributed by atoms with Crippen molar-refractivity contribution in [2.75, 3.05) is 19.1 Å². The largest absolute Gasteiger partial charge is 0.381 e. The number of nitro groups is 1. The van der Waals surface area contributed by atoms with Crippen molar-refractivity contribution < 1.29 is 9.66 Å². The Hall–Kier alpha value is -1.14. The molecule has 0 N–H and O–H groups in total. The van der Waals surface area contributed by atoms with Gasteiger partial charge >= 0.3 is 5.82 Å². The molecule has 0 amide bonds. The summed E-state index contributed by atoms with van der Waals surface area (Å²) >= 11 is 5.40. The first-order chi connectivity index (χ1) is 6.74. The van der Waals surface area contributed by atoms with Crippen LogP contribution in [0.3, 0.4) is 0 Å². The van der Waals surface area contributed by atoms with E-state index in [2.05, 4.69) is 4.98 Å². The molecule has 1 aromatic heterocycles. The van der Waals surface area contributed by atoms with Crippen LogP contribution in [0.4, 0.5) is 5.82 Å². The molecule has 1 aromatic rings. The smallest absolute Gasteiger partial charge is 0.378 e. The molecule has 78 valence electrons. The van der Waals surface area contributed by atoms with Crippen molar-refractivity contribution in [2.24, 2.45) is 0 Å². The predicted octanol–water partition coefficient (Wildman–Crippen LogP) is 1.05. The van der Waals surface area contributed by atoms with Crippen molar-refractivity contribution in [3.05, 3.63) is 22.6 Å². The highest BCUT2D eigenvalue weighted by atomic mass is 35.5. The molecule has 0 radical (unpaired) electrons. The van der Waals surface area contributed by atoms with Crippen molar-refractivity contribution in [3.63, 3.8) is 0 Å². The van der Waals surface area contributed by atoms with Gasteiger partial charge in [0.2, 0.25) is 6.33 Å². The van der Waals surface area contributed by atoms with Crippen LogP contribution < -0.4 is 0 Å². The number of imidazole rings is 1. The number of hydrogen-bond acceptors (Lipinski definition) is 4. The van der Waals surface area contributed by atoms with Gasteiger partial charge < -0.3 is 19.4 Å². The second-order valence-corrected chi connectivity index (χ2v) is 2.91. The molecule has 0 saturated heterocycles. The molecule has 0 aliphatic carbocycles. The van der Waals surface area contributed by atoms with Gasteiger partial charge in [0.15, 0.2) is 0 Å². The molecule has 7 heteroatoms. The number of alkyl halides is 1. The molecule has 14 heavy (non-hydrogen) atoms. The topological polar surface area (TPSA) is 70.2 Å². The van der Waals surface area contributed by atoms with Crippen LogP contribution in [-0.4, -0.2) is 33.6 Å². The maximum atomic E-state index is 10.3. The lowest BCUT2D eigenvalue weighted by atomic mass is 10.6. The van der Waals surface area contributed by atoms with Gasteiger partial charge in [0.05, 0.1) is 13.2 Å². The second kappa shape index (κ2) is 5.56. The van der Waals surface area contributed by atoms with Gasteiger partial charge in [-0.3, -0.25) is 0 Å². The van der Waals surface area contributed by atoms with E-state index in [1.807, 2.05) is 0 Å². The number of aromatic nitrogens is 2. The summed E-state index contributed by atoms with van der Waals surface area (Å²) in [6.07, 6.45) is 2.77. The zero-order valence-electron chi connectivity index (χ0n) is 7.43. The van der Waals surface area contributed by atoms with Gasteiger partial charge in [-0.05, 0) is 9.91 Å². The Morgan fingerprint density at radius 3 is 3.00 bits per heavy atom. The van der Waals surface area contributed by atoms with Gasteiger partial charge in [0, 0.05) is 12.4 Å². The Kier molecular flexibility index (Phi) is 4.34. The summed E-state index contributed by atoms with van der Waals surface area (Å²) in [6.45, 7) is 1.50. The summed E-state index contributed by atoms with van der Waals surface area (Å²) in [5.74, 6) is 0.298. The first kappa shape index (κ1) is 10.9. The standard InChI is InChI=1S/C7H10ClN3O3/c8-1-3-14-4-2-10-5-7(9-6-10)11(12)13/h5-6H,1-4H2. The highest BCUT2D eigenvalue weighted by Crippen LogP contribution is 2.04. The highest BCUT2D eigenvalue weighted by molar-refractivity contribution is 6.17. The molecule has 0 fully saturated rings. The second-order valence-electron chi connectivity index (χ2n) is 2.53. The summed E-state index contributed by atoms with van der Waals surface area (Å²) in [7, 11) is 0. The van der Waals surface area contributed by atoms with Crippen LogP contribution in [-0.2, 0) is 11.3 Å². The van der Waals surface area contributed by atoms with E-state index in [1.165, 1.54) is 12.5 Å². The summed E-state index contributed by atoms with van der Waals surface area (Å²) in [5, 5.41) is 10.3. The van der Waals surface area contributed by atoms with E-state index in [0.717, 1.165) is 0 Å². The van der Waals surface area contributed by atoms with Crippen molar-refractivity contribution >= 4 is 17.4 Å². The molecule has 0 unspecified atom stereocenters. The summed E-state index contributed by atoms with van der Waals surface area (Å²) in [6, 6.07) is 0. The zero-order chi connectivity index (χ0) is 10.4. The van der Waals surface area contributed by atoms with Crippen LogP contribution in [0.25, 0.3) is 0 Å². The Bertz CT molecular complexity index is 302. The average Bonchev–Trinajstić information content (AvgIpc) is 2.61. The molecule has 6 nitrogen and oxygen atoms in total. The third-order valence-electron chi connectivity index (χ3n) is 1.52. The first-order valence-electron chi connectivity index (χ1n) is 4.04. The lowest BCUT2D eigenvalue weighted by molar-refractivity contribution is -0.389. The molecule has 1 heterocycles. The van der Waals surface area contributed by atoms with Crippen LogP contribution in [0.5, 0.6) is 0 Å². The van der Waals surface area contributed by atoms with E-state index in [-0.39, 0.29) is 5.82 Å². The van der Waals surface area contributed by atoms with Crippen LogP contribution >= 0.6 is 11.6 Å². The number of nitrogens with zero attached hydrogens (tertiary/aromatic N) is 3. The van der Waals surface area contributed by atoms with Gasteiger partial charge in [-0.1, -0.05) is 0 Å². The minimum absolute atomic E-state index is 0.151. The van der Waals surface area contributed by atoms with Crippen molar-refractivity contribution in [1.82, 2.24) is 9.55 Å². The van der Waals surface area contributed by atoms with E-state index in [0.29, 0.717) is 25.6 Å². The van der Waals surface area contributed by atoms with Crippen LogP contribution in [0.15, 0.2) is 12.5 Å². The fraction of sp³-hybridized carbons (Fsp3) is 0.571. The number of rotatable bonds is 6. The number of hydrogen-bond donors (Lipinski definition) is 0. The molecular formula is C7H10ClN3O3. The fourth-order valence-electron chi connectivity index (χ4n) is 0.891. The Morgan fingerprint density at radius 2 is 2.43 bits per heavy atom. The molecule has 0 saturated carbocycles. The monoisotopic (exact) mass is 219 g/mol. The summed E-state index contributed by atoms with van der Waals surface area (Å²) < 4.78 is 6.71. The summed E-state index contributed by atoms with van der Waals surface area (Å²) in [5.41, 5.74) is 0. The molecule has 0 bridgehead atoms. The van der Waals surface area contributed by atoms with Crippen LogP contribution in [0.1, 0.15) is 0 Å². The highest BCUT2D eigenvalue weighted by Gasteiger charge is 2.08. The molecule has 1 rings (SSSR count). The van der Waals surface area contributed by atoms with Gasteiger partial charge in [0.1, 0.15) is 6.20 Å². The third kappa shape index (κ3) is 3.31. The van der Waals surface area contributed by atoms with Crippen molar-refractivity contribution in [1.29, 1.82) is 0 Å². The van der Waals surface area contributed by atoms with Gasteiger partial charge in [-0.15, -0.1) is 11.6 Å². The lowest BCUT2D eigenvalue weighted by Gasteiger charge is -2.00. The Labute approximate surface area is 85.6 Å². The molecule has 0 aromatic carbocycles. The van der Waals surface area contributed by atoms with Crippen molar-refractivity contribution in [2.45, 2.75) is 6.54 Å². The van der Waals surface area contributed by atoms with Crippen LogP contribution in [0.2, 0.25) is 0 Å². The number of ether oxygens (including phenoxy) is 1. The molecular weight excluding hydrogens is 210 g/mol. The van der Waals surface area contributed by atoms with E-state index in [1.54, 1.807) is 4.57 Å². The number of halogens is 1. The quantitative estimate of drug-likeness (QED) is 0.310. The molecule has 0 aliphatic heterocycles. The Balaban J connectivity index is 2.33. The minimum Gasteiger partial charge on any atom is -0.378 e. The third-order valence-corrected chi connectivity index (χ3v) is 1.68. The van der Waals surface area contributed by atoms with Gasteiger partial charge in [0.25, 0.3) is 0 Å². The predicted molar refractivity (Wildman–Crippen MR) is 50.4 cm³/mol. The average molecular weight is 220 g/mol. The van der Waals surface area contributed by atoms with E-state index in [4.69, 9.17) is 16.3 Å². The minimum atomic E-state index is -0.532. The normalized spacial score (nSPS) is 10.4. The van der Waals surface area contributed by atoms with E-state index in [9.17, 15) is 10.1 Å². The van der Waals surface area contributed by atoms with E-state index < -0.39 is 4.92 Å². The van der Waals surface area contributed by atoms with Gasteiger partial charge in [-0.25, -0.2) is 0 Å². The fourth-order valence-corrected chi connectivity index (χ4v) is 1.00. The maximum Gasteiger partial charge on any atom is 0.381 e. The molecule has 0 atom stereocenters. The SMILES string of the molecule is O=[N+]([O-])c1cn(CCOCCCl)cn1. The maximum absolute atomic E-state index is 10.3. The van der Waals surface area contributed by atoms with E-state index >= 15 is 0 Å². The summed E-state index contributed by atoms with van der Waals surface area (Å²) in [4.78, 5) is 13.3.